The topological polar surface area (TPSA) is 517 Å². The van der Waals surface area contributed by atoms with Crippen molar-refractivity contribution in [2.45, 2.75) is 210 Å². The molecule has 0 radical (unpaired) electrons. The van der Waals surface area contributed by atoms with E-state index >= 15 is 0 Å². The lowest BCUT2D eigenvalue weighted by molar-refractivity contribution is -0.281. The Hall–Kier alpha value is -6.27. The Kier molecular flexibility index (Phi) is 26.8. The maximum Gasteiger partial charge on any atom is 0.322 e. The van der Waals surface area contributed by atoms with Crippen molar-refractivity contribution >= 4 is 65.0 Å². The van der Waals surface area contributed by atoms with Crippen LogP contribution in [0.3, 0.4) is 0 Å². The number of rotatable bonds is 28. The number of nitrogens with one attached hydrogen (secondary N) is 8. The average molecular weight is 1180 g/mol. The zero-order valence-corrected chi connectivity index (χ0v) is 47.1. The summed E-state index contributed by atoms with van der Waals surface area (Å²) < 4.78 is 11.5. The third kappa shape index (κ3) is 18.6. The van der Waals surface area contributed by atoms with Gasteiger partial charge in [0.2, 0.25) is 59.1 Å². The van der Waals surface area contributed by atoms with Gasteiger partial charge in [-0.15, -0.1) is 0 Å². The molecule has 3 aliphatic heterocycles. The molecular weight excluding hydrogens is 1090 g/mol. The third-order valence-electron chi connectivity index (χ3n) is 14.0. The molecule has 0 unspecified atom stereocenters. The second kappa shape index (κ2) is 31.4. The minimum atomic E-state index is -1.94. The fourth-order valence-electron chi connectivity index (χ4n) is 9.33. The van der Waals surface area contributed by atoms with E-state index in [1.54, 1.807) is 0 Å². The minimum Gasteiger partial charge on any atom is -0.480 e. The summed E-state index contributed by atoms with van der Waals surface area (Å²) in [6.45, 7) is 9.18. The Bertz CT molecular complexity index is 2270. The summed E-state index contributed by atoms with van der Waals surface area (Å²) in [7, 11) is 0. The van der Waals surface area contributed by atoms with Crippen molar-refractivity contribution in [1.29, 1.82) is 0 Å². The molecule has 0 aromatic rings. The monoisotopic (exact) mass is 1180 g/mol. The highest BCUT2D eigenvalue weighted by molar-refractivity contribution is 5.99. The average Bonchev–Trinajstić information content (AvgIpc) is 4.21. The summed E-state index contributed by atoms with van der Waals surface area (Å²) in [5.41, 5.74) is 5.83. The van der Waals surface area contributed by atoms with Gasteiger partial charge in [0, 0.05) is 20.0 Å². The number of nitrogens with zero attached hydrogens (tertiary/aromatic N) is 2. The Morgan fingerprint density at radius 1 is 0.573 bits per heavy atom. The molecule has 0 bridgehead atoms. The van der Waals surface area contributed by atoms with Crippen molar-refractivity contribution in [3.63, 3.8) is 0 Å². The van der Waals surface area contributed by atoms with Crippen LogP contribution in [0.5, 0.6) is 0 Å². The van der Waals surface area contributed by atoms with Crippen molar-refractivity contribution in [2.24, 2.45) is 11.7 Å². The highest BCUT2D eigenvalue weighted by atomic mass is 16.7. The van der Waals surface area contributed by atoms with E-state index in [4.69, 9.17) is 20.3 Å². The summed E-state index contributed by atoms with van der Waals surface area (Å²) in [6.07, 6.45) is -15.7. The highest BCUT2D eigenvalue weighted by Crippen LogP contribution is 2.26. The van der Waals surface area contributed by atoms with Crippen LogP contribution in [-0.2, 0) is 62.2 Å². The zero-order valence-electron chi connectivity index (χ0n) is 47.1. The highest BCUT2D eigenvalue weighted by Gasteiger charge is 2.49. The van der Waals surface area contributed by atoms with Crippen LogP contribution >= 0.6 is 0 Å². The molecule has 0 aromatic carbocycles. The van der Waals surface area contributed by atoms with Crippen molar-refractivity contribution < 1.29 is 108 Å². The lowest BCUT2D eigenvalue weighted by atomic mass is 9.96. The predicted octanol–water partition coefficient (Wildman–Crippen LogP) is -9.69. The van der Waals surface area contributed by atoms with Crippen LogP contribution in [0, 0.1) is 5.92 Å². The molecule has 3 fully saturated rings. The number of hydrogen-bond donors (Lipinski definition) is 18. The van der Waals surface area contributed by atoms with Gasteiger partial charge in [0.05, 0.1) is 43.2 Å². The van der Waals surface area contributed by atoms with Gasteiger partial charge in [-0.05, 0) is 73.1 Å². The number of carbonyl (C=O) groups excluding carboxylic acids is 10. The maximum atomic E-state index is 14.3. The van der Waals surface area contributed by atoms with E-state index in [1.807, 2.05) is 0 Å². The lowest BCUT2D eigenvalue weighted by Crippen LogP contribution is -2.67. The molecule has 19 N–H and O–H groups in total. The summed E-state index contributed by atoms with van der Waals surface area (Å²) in [5.74, 6) is -12.4. The second-order valence-electron chi connectivity index (χ2n) is 21.2. The first-order valence-corrected chi connectivity index (χ1v) is 26.8. The molecule has 3 rings (SSSR count). The number of aliphatic hydroxyl groups excluding tert-OH is 8. The molecule has 3 aliphatic rings. The van der Waals surface area contributed by atoms with E-state index < -0.39 is 206 Å². The molecular formula is C49H83N11O22. The Morgan fingerprint density at radius 3 is 1.43 bits per heavy atom. The molecule has 466 valence electrons. The van der Waals surface area contributed by atoms with Crippen molar-refractivity contribution in [3.8, 4) is 0 Å². The number of hydrogen-bond acceptors (Lipinski definition) is 22. The number of amides is 10. The number of carbonyl (C=O) groups is 11. The second-order valence-corrected chi connectivity index (χ2v) is 21.2. The Balaban J connectivity index is 1.82. The van der Waals surface area contributed by atoms with Gasteiger partial charge in [-0.2, -0.15) is 0 Å². The van der Waals surface area contributed by atoms with Crippen LogP contribution in [0.2, 0.25) is 0 Å². The number of carboxylic acids is 1. The van der Waals surface area contributed by atoms with Gasteiger partial charge in [-0.3, -0.25) is 52.7 Å². The molecule has 33 nitrogen and oxygen atoms in total. The fourth-order valence-corrected chi connectivity index (χ4v) is 9.33. The van der Waals surface area contributed by atoms with Crippen molar-refractivity contribution in [1.82, 2.24) is 52.3 Å². The molecule has 10 amide bonds. The molecule has 0 saturated carbocycles. The van der Waals surface area contributed by atoms with Crippen LogP contribution in [0.1, 0.15) is 88.0 Å². The van der Waals surface area contributed by atoms with Crippen molar-refractivity contribution in [2.75, 3.05) is 26.2 Å². The van der Waals surface area contributed by atoms with Gasteiger partial charge in [0.15, 0.2) is 6.29 Å². The van der Waals surface area contributed by atoms with Crippen LogP contribution in [0.4, 0.5) is 0 Å². The van der Waals surface area contributed by atoms with E-state index in [0.717, 1.165) is 30.6 Å². The lowest BCUT2D eigenvalue weighted by Gasteiger charge is -2.43. The van der Waals surface area contributed by atoms with E-state index in [2.05, 4.69) is 42.5 Å². The van der Waals surface area contributed by atoms with Crippen LogP contribution in [-0.4, -0.2) is 269 Å². The summed E-state index contributed by atoms with van der Waals surface area (Å²) in [4.78, 5) is 149. The van der Waals surface area contributed by atoms with E-state index in [-0.39, 0.29) is 38.8 Å². The quantitative estimate of drug-likeness (QED) is 0.0346. The van der Waals surface area contributed by atoms with Crippen LogP contribution in [0.25, 0.3) is 0 Å². The summed E-state index contributed by atoms with van der Waals surface area (Å²) >= 11 is 0. The van der Waals surface area contributed by atoms with Gasteiger partial charge in [-0.1, -0.05) is 13.8 Å². The molecule has 0 aliphatic carbocycles. The van der Waals surface area contributed by atoms with Gasteiger partial charge in [-0.25, -0.2) is 0 Å². The fraction of sp³-hybridized carbons (Fsp3) is 0.776. The number of nitrogens with two attached hydrogens (primary N) is 1. The van der Waals surface area contributed by atoms with E-state index in [9.17, 15) is 93.6 Å². The zero-order chi connectivity index (χ0) is 62.4. The van der Waals surface area contributed by atoms with Gasteiger partial charge in [0.1, 0.15) is 85.3 Å². The number of likely N-dealkylation sites (tertiary alicyclic amines) is 2. The maximum absolute atomic E-state index is 14.3. The van der Waals surface area contributed by atoms with Crippen LogP contribution < -0.4 is 48.3 Å². The van der Waals surface area contributed by atoms with Crippen LogP contribution in [0.15, 0.2) is 0 Å². The minimum absolute atomic E-state index is 0.00150. The SMILES string of the molecule is CC(=O)N[C@H]1[C@@H](O[C@H](C)[C@H](NC(=O)[C@@H](N)[C@@H](C)O)C(=O)N[C@H](C(=O)N[C@H](C(=O)N[C@H](C(=O)N2CCC[C@H]2C(=O)N[C@H](C(=O)N2CCC[C@H]2C(=O)N[C@H](C(=O)NCC(=O)O)[C@@H](C)O)[C@@H](C)O)[C@@H](C)O)C(C)C)[C@@H](C)O)O[C@H](CO)[C@@H](O)[C@@H]1O. The number of carboxylic acid groups (broad SMARTS) is 1. The standard InChI is InChI=1S/C49H83N11O22/c1-18(2)31(53-45(77)33(21(5)64)55-46(78)36(58-42(74)30(50)19(3)62)24(8)81-49-37(52-25(9)67)39(71)38(70)28(17-61)82-49)44(76)57-35(23(7)66)48(80)60-15-11-13-27(60)41(73)56-34(22(6)65)47(79)59-14-10-12-26(59)40(72)54-32(20(4)63)43(75)51-16-29(68)69/h18-24,26-28,30-39,49,61-66,70-71H,10-17,50H2,1-9H3,(H,51,75)(H,52,67)(H,53,77)(H,54,72)(H,55,78)(H,56,73)(H,57,76)(H,58,74)(H,68,69)/t19-,20-,21-,22-,23-,24-,26+,27+,28-,30+,31+,32+,33+,34+,35+,36+,37-,38-,39-,49+/m1/s1. The molecule has 82 heavy (non-hydrogen) atoms. The molecule has 33 heteroatoms. The summed E-state index contributed by atoms with van der Waals surface area (Å²) in [6, 6.07) is -16.3. The summed E-state index contributed by atoms with van der Waals surface area (Å²) in [5, 5.41) is 111. The number of ether oxygens (including phenoxy) is 2. The number of aliphatic carboxylic acids is 1. The van der Waals surface area contributed by atoms with Crippen molar-refractivity contribution in [3.05, 3.63) is 0 Å². The predicted molar refractivity (Wildman–Crippen MR) is 279 cm³/mol. The van der Waals surface area contributed by atoms with E-state index in [1.165, 1.54) is 41.5 Å². The molecule has 3 saturated heterocycles. The first-order valence-electron chi connectivity index (χ1n) is 26.8. The normalized spacial score (nSPS) is 25.6. The molecule has 3 heterocycles. The third-order valence-corrected chi connectivity index (χ3v) is 14.0. The molecule has 20 atom stereocenters. The van der Waals surface area contributed by atoms with Gasteiger partial charge in [0.25, 0.3) is 0 Å². The number of aliphatic hydroxyl groups is 8. The molecule has 0 aromatic heterocycles. The Labute approximate surface area is 472 Å². The largest absolute Gasteiger partial charge is 0.480 e. The van der Waals surface area contributed by atoms with Gasteiger partial charge < -0.3 is 114 Å². The van der Waals surface area contributed by atoms with Gasteiger partial charge >= 0.3 is 5.97 Å². The first-order chi connectivity index (χ1) is 38.2. The molecule has 0 spiro atoms. The Morgan fingerprint density at radius 2 is 0.988 bits per heavy atom. The first kappa shape index (κ1) is 70.0. The smallest absolute Gasteiger partial charge is 0.322 e. The van der Waals surface area contributed by atoms with E-state index in [0.29, 0.717) is 0 Å².